The van der Waals surface area contributed by atoms with Crippen molar-refractivity contribution in [1.29, 1.82) is 0 Å². The molecule has 2 atom stereocenters. The number of hydrogen-bond donors (Lipinski definition) is 0. The molecule has 3 fully saturated rings. The lowest BCUT2D eigenvalue weighted by Crippen LogP contribution is -2.48. The van der Waals surface area contributed by atoms with Crippen LogP contribution in [0.4, 0.5) is 4.39 Å². The zero-order chi connectivity index (χ0) is 25.8. The van der Waals surface area contributed by atoms with Crippen molar-refractivity contribution >= 4 is 17.7 Å². The third-order valence-electron chi connectivity index (χ3n) is 9.19. The number of methoxy groups -OCH3 is 1. The highest BCUT2D eigenvalue weighted by molar-refractivity contribution is 5.93. The quantitative estimate of drug-likeness (QED) is 0.433. The number of amides is 1. The summed E-state index contributed by atoms with van der Waals surface area (Å²) in [4.78, 5) is 41.2. The smallest absolute Gasteiger partial charge is 0.340 e. The number of nitrogens with zero attached hydrogens (tertiary/aromatic N) is 1. The van der Waals surface area contributed by atoms with Gasteiger partial charge in [-0.25, -0.2) is 9.18 Å². The van der Waals surface area contributed by atoms with Crippen LogP contribution in [-0.4, -0.2) is 42.3 Å². The molecule has 1 amide bonds. The van der Waals surface area contributed by atoms with Gasteiger partial charge >= 0.3 is 5.97 Å². The Labute approximate surface area is 215 Å². The van der Waals surface area contributed by atoms with E-state index in [0.717, 1.165) is 44.9 Å². The van der Waals surface area contributed by atoms with Crippen molar-refractivity contribution in [3.05, 3.63) is 35.1 Å². The minimum Gasteiger partial charge on any atom is -0.465 e. The summed E-state index contributed by atoms with van der Waals surface area (Å²) in [5.74, 6) is 0.732. The first-order valence-corrected chi connectivity index (χ1v) is 14.0. The fourth-order valence-electron chi connectivity index (χ4n) is 7.05. The molecule has 1 aromatic carbocycles. The zero-order valence-corrected chi connectivity index (χ0v) is 22.1. The van der Waals surface area contributed by atoms with E-state index in [1.807, 2.05) is 4.90 Å². The molecule has 2 saturated carbocycles. The number of Topliss-reactive ketones (excluding diaryl/α,β-unsaturated/α-hetero) is 1. The van der Waals surface area contributed by atoms with E-state index in [1.165, 1.54) is 38.5 Å². The molecule has 0 spiro atoms. The summed E-state index contributed by atoms with van der Waals surface area (Å²) < 4.78 is 19.2. The van der Waals surface area contributed by atoms with Crippen LogP contribution in [0.3, 0.4) is 0 Å². The van der Waals surface area contributed by atoms with Crippen LogP contribution in [0, 0.1) is 35.4 Å². The first-order valence-electron chi connectivity index (χ1n) is 14.0. The van der Waals surface area contributed by atoms with Crippen LogP contribution >= 0.6 is 0 Å². The van der Waals surface area contributed by atoms with Crippen molar-refractivity contribution in [3.63, 3.8) is 0 Å². The molecule has 0 N–H and O–H groups in total. The van der Waals surface area contributed by atoms with Gasteiger partial charge in [-0.3, -0.25) is 9.59 Å². The highest BCUT2D eigenvalue weighted by atomic mass is 19.1. The largest absolute Gasteiger partial charge is 0.465 e. The van der Waals surface area contributed by atoms with Crippen LogP contribution in [0.2, 0.25) is 0 Å². The Morgan fingerprint density at radius 2 is 1.69 bits per heavy atom. The third-order valence-corrected chi connectivity index (χ3v) is 9.19. The van der Waals surface area contributed by atoms with Gasteiger partial charge in [0.2, 0.25) is 5.91 Å². The Balaban J connectivity index is 1.52. The summed E-state index contributed by atoms with van der Waals surface area (Å²) in [5, 5.41) is 0. The maximum absolute atomic E-state index is 14.5. The van der Waals surface area contributed by atoms with E-state index in [2.05, 4.69) is 18.6 Å². The van der Waals surface area contributed by atoms with E-state index in [-0.39, 0.29) is 35.5 Å². The third kappa shape index (κ3) is 5.84. The van der Waals surface area contributed by atoms with E-state index >= 15 is 0 Å². The summed E-state index contributed by atoms with van der Waals surface area (Å²) in [6.07, 6.45) is 10.8. The molecular formula is C30H42FNO4. The van der Waals surface area contributed by atoms with Crippen LogP contribution in [-0.2, 0) is 20.7 Å². The van der Waals surface area contributed by atoms with Crippen molar-refractivity contribution in [1.82, 2.24) is 4.90 Å². The lowest BCUT2D eigenvalue weighted by Gasteiger charge is -2.37. The molecule has 1 heterocycles. The monoisotopic (exact) mass is 499 g/mol. The first-order chi connectivity index (χ1) is 17.3. The summed E-state index contributed by atoms with van der Waals surface area (Å²) in [7, 11) is 1.21. The number of esters is 1. The zero-order valence-electron chi connectivity index (χ0n) is 22.1. The predicted molar refractivity (Wildman–Crippen MR) is 137 cm³/mol. The molecule has 1 saturated heterocycles. The van der Waals surface area contributed by atoms with Gasteiger partial charge in [-0.05, 0) is 73.5 Å². The molecule has 3 aliphatic rings. The summed E-state index contributed by atoms with van der Waals surface area (Å²) in [6.45, 7) is 5.17. The Kier molecular flexibility index (Phi) is 8.84. The van der Waals surface area contributed by atoms with Gasteiger partial charge in [-0.15, -0.1) is 0 Å². The number of halogens is 1. The normalized spacial score (nSPS) is 27.3. The van der Waals surface area contributed by atoms with Gasteiger partial charge in [0.1, 0.15) is 5.82 Å². The van der Waals surface area contributed by atoms with Crippen LogP contribution in [0.25, 0.3) is 0 Å². The molecule has 0 bridgehead atoms. The highest BCUT2D eigenvalue weighted by Crippen LogP contribution is 2.42. The molecule has 0 unspecified atom stereocenters. The Hall–Kier alpha value is -2.24. The number of carbonyl (C=O) groups is 3. The molecule has 0 aromatic heterocycles. The predicted octanol–water partition coefficient (Wildman–Crippen LogP) is 5.98. The van der Waals surface area contributed by atoms with Gasteiger partial charge < -0.3 is 9.64 Å². The number of ether oxygens (including phenoxy) is 1. The molecule has 36 heavy (non-hydrogen) atoms. The van der Waals surface area contributed by atoms with E-state index in [4.69, 9.17) is 0 Å². The van der Waals surface area contributed by atoms with Crippen LogP contribution in [0.1, 0.15) is 94.0 Å². The number of ketones is 1. The minimum atomic E-state index is -0.734. The van der Waals surface area contributed by atoms with E-state index < -0.39 is 17.8 Å². The molecule has 0 radical (unpaired) electrons. The second kappa shape index (κ2) is 11.9. The number of rotatable bonds is 7. The highest BCUT2D eigenvalue weighted by Gasteiger charge is 2.46. The van der Waals surface area contributed by atoms with E-state index in [0.29, 0.717) is 29.9 Å². The van der Waals surface area contributed by atoms with Gasteiger partial charge in [0, 0.05) is 18.9 Å². The molecule has 4 rings (SSSR count). The summed E-state index contributed by atoms with van der Waals surface area (Å²) >= 11 is 0. The number of carbonyl (C=O) groups excluding carboxylic acids is 3. The lowest BCUT2D eigenvalue weighted by atomic mass is 9.74. The van der Waals surface area contributed by atoms with Gasteiger partial charge in [0.15, 0.2) is 5.78 Å². The SMILES string of the molecule is COC(=O)c1ccc(CC(=O)[C@@H]2[C@H](C3CCCCC3)CCN2C(=O)C2CCC(C(C)C)CC2)cc1F. The van der Waals surface area contributed by atoms with Crippen molar-refractivity contribution in [2.24, 2.45) is 29.6 Å². The fraction of sp³-hybridized carbons (Fsp3) is 0.700. The molecule has 1 aliphatic heterocycles. The summed E-state index contributed by atoms with van der Waals surface area (Å²) in [6, 6.07) is 3.84. The van der Waals surface area contributed by atoms with E-state index in [1.54, 1.807) is 6.07 Å². The maximum atomic E-state index is 14.5. The Morgan fingerprint density at radius 3 is 2.31 bits per heavy atom. The van der Waals surface area contributed by atoms with Crippen molar-refractivity contribution in [2.45, 2.75) is 90.5 Å². The Bertz CT molecular complexity index is 946. The van der Waals surface area contributed by atoms with Crippen molar-refractivity contribution < 1.29 is 23.5 Å². The molecular weight excluding hydrogens is 457 g/mol. The van der Waals surface area contributed by atoms with Gasteiger partial charge in [-0.1, -0.05) is 52.0 Å². The molecule has 5 nitrogen and oxygen atoms in total. The molecule has 2 aliphatic carbocycles. The van der Waals surface area contributed by atoms with Crippen LogP contribution < -0.4 is 0 Å². The second-order valence-electron chi connectivity index (χ2n) is 11.6. The molecule has 198 valence electrons. The number of likely N-dealkylation sites (tertiary alicyclic amines) is 1. The maximum Gasteiger partial charge on any atom is 0.340 e. The second-order valence-corrected chi connectivity index (χ2v) is 11.6. The van der Waals surface area contributed by atoms with Crippen LogP contribution in [0.5, 0.6) is 0 Å². The standard InChI is InChI=1S/C30H42FNO4/c1-19(2)21-10-12-23(13-11-21)29(34)32-16-15-24(22-7-5-4-6-8-22)28(32)27(33)18-20-9-14-25(26(31)17-20)30(35)36-3/h9,14,17,19,21-24,28H,4-8,10-13,15-16,18H2,1-3H3/t21?,23?,24-,28-/m0/s1. The Morgan fingerprint density at radius 1 is 1.00 bits per heavy atom. The molecule has 1 aromatic rings. The average molecular weight is 500 g/mol. The van der Waals surface area contributed by atoms with Gasteiger partial charge in [0.05, 0.1) is 18.7 Å². The summed E-state index contributed by atoms with van der Waals surface area (Å²) in [5.41, 5.74) is 0.396. The van der Waals surface area contributed by atoms with Gasteiger partial charge in [-0.2, -0.15) is 0 Å². The average Bonchev–Trinajstić information content (AvgIpc) is 3.34. The topological polar surface area (TPSA) is 63.7 Å². The van der Waals surface area contributed by atoms with Crippen LogP contribution in [0.15, 0.2) is 18.2 Å². The number of hydrogen-bond acceptors (Lipinski definition) is 4. The first kappa shape index (κ1) is 26.8. The number of benzene rings is 1. The molecule has 6 heteroatoms. The van der Waals surface area contributed by atoms with Crippen molar-refractivity contribution in [3.8, 4) is 0 Å². The van der Waals surface area contributed by atoms with E-state index in [9.17, 15) is 18.8 Å². The minimum absolute atomic E-state index is 0.00231. The van der Waals surface area contributed by atoms with Crippen molar-refractivity contribution in [2.75, 3.05) is 13.7 Å². The lowest BCUT2D eigenvalue weighted by molar-refractivity contribution is -0.143. The van der Waals surface area contributed by atoms with Gasteiger partial charge in [0.25, 0.3) is 0 Å². The fourth-order valence-corrected chi connectivity index (χ4v) is 7.05.